The van der Waals surface area contributed by atoms with Crippen LogP contribution in [0.4, 0.5) is 0 Å². The molecule has 4 N–H and O–H groups in total. The van der Waals surface area contributed by atoms with Gasteiger partial charge in [0.05, 0.1) is 6.04 Å². The Bertz CT molecular complexity index is 207. The fourth-order valence-corrected chi connectivity index (χ4v) is 1.82. The van der Waals surface area contributed by atoms with Crippen molar-refractivity contribution < 1.29 is 0 Å². The van der Waals surface area contributed by atoms with E-state index in [0.717, 1.165) is 0 Å². The summed E-state index contributed by atoms with van der Waals surface area (Å²) in [5.41, 5.74) is 12.4. The monoisotopic (exact) mass is 156 g/mol. The van der Waals surface area contributed by atoms with Crippen LogP contribution in [-0.2, 0) is 0 Å². The molecule has 0 unspecified atom stereocenters. The number of hydrogen-bond acceptors (Lipinski definition) is 3. The van der Waals surface area contributed by atoms with Crippen LogP contribution in [0.25, 0.3) is 0 Å². The van der Waals surface area contributed by atoms with Crippen LogP contribution >= 0.6 is 11.3 Å². The molecular formula is C7H12N2S. The molecule has 0 bridgehead atoms. The summed E-state index contributed by atoms with van der Waals surface area (Å²) >= 11 is 1.68. The summed E-state index contributed by atoms with van der Waals surface area (Å²) in [5.74, 6) is 0. The maximum absolute atomic E-state index is 5.72. The molecule has 56 valence electrons. The number of nitrogens with two attached hydrogens (primary N) is 2. The predicted octanol–water partition coefficient (Wildman–Crippen LogP) is 1.02. The van der Waals surface area contributed by atoms with Gasteiger partial charge in [-0.15, -0.1) is 11.3 Å². The first-order chi connectivity index (χ1) is 4.75. The topological polar surface area (TPSA) is 52.0 Å². The second-order valence-corrected chi connectivity index (χ2v) is 3.26. The zero-order valence-electron chi connectivity index (χ0n) is 6.00. The molecule has 1 aromatic rings. The number of thiophene rings is 1. The van der Waals surface area contributed by atoms with Crippen LogP contribution in [0.1, 0.15) is 16.5 Å². The first kappa shape index (κ1) is 7.72. The van der Waals surface area contributed by atoms with Crippen molar-refractivity contribution in [3.05, 3.63) is 21.9 Å². The lowest BCUT2D eigenvalue weighted by Gasteiger charge is -2.06. The summed E-state index contributed by atoms with van der Waals surface area (Å²) in [7, 11) is 0. The van der Waals surface area contributed by atoms with Crippen molar-refractivity contribution >= 4 is 11.3 Å². The van der Waals surface area contributed by atoms with E-state index in [1.165, 1.54) is 10.4 Å². The van der Waals surface area contributed by atoms with Gasteiger partial charge in [0.2, 0.25) is 0 Å². The average Bonchev–Trinajstić information content (AvgIpc) is 2.34. The maximum atomic E-state index is 5.72. The number of rotatable bonds is 2. The van der Waals surface area contributed by atoms with Crippen LogP contribution in [0.2, 0.25) is 0 Å². The van der Waals surface area contributed by atoms with Gasteiger partial charge in [0.25, 0.3) is 0 Å². The molecule has 0 radical (unpaired) electrons. The van der Waals surface area contributed by atoms with E-state index in [9.17, 15) is 0 Å². The molecule has 0 fully saturated rings. The summed E-state index contributed by atoms with van der Waals surface area (Å²) in [6.07, 6.45) is 0. The zero-order valence-corrected chi connectivity index (χ0v) is 6.82. The molecule has 0 aliphatic rings. The zero-order chi connectivity index (χ0) is 7.56. The second kappa shape index (κ2) is 3.14. The van der Waals surface area contributed by atoms with E-state index in [1.807, 2.05) is 5.38 Å². The quantitative estimate of drug-likeness (QED) is 0.671. The van der Waals surface area contributed by atoms with Crippen molar-refractivity contribution in [2.24, 2.45) is 11.5 Å². The molecule has 2 nitrogen and oxygen atoms in total. The fourth-order valence-electron chi connectivity index (χ4n) is 0.871. The molecule has 0 saturated carbocycles. The van der Waals surface area contributed by atoms with Crippen molar-refractivity contribution in [3.63, 3.8) is 0 Å². The fraction of sp³-hybridized carbons (Fsp3) is 0.429. The van der Waals surface area contributed by atoms with Crippen molar-refractivity contribution in [2.75, 3.05) is 6.54 Å². The Labute approximate surface area is 64.8 Å². The van der Waals surface area contributed by atoms with Gasteiger partial charge >= 0.3 is 0 Å². The second-order valence-electron chi connectivity index (χ2n) is 2.31. The highest BCUT2D eigenvalue weighted by Gasteiger charge is 2.06. The average molecular weight is 156 g/mol. The normalized spacial score (nSPS) is 13.5. The smallest absolute Gasteiger partial charge is 0.0516 e. The molecule has 10 heavy (non-hydrogen) atoms. The molecule has 0 spiro atoms. The van der Waals surface area contributed by atoms with Gasteiger partial charge in [-0.05, 0) is 23.9 Å². The number of hydrogen-bond donors (Lipinski definition) is 2. The molecule has 0 aliphatic carbocycles. The molecule has 1 heterocycles. The highest BCUT2D eigenvalue weighted by atomic mass is 32.1. The Kier molecular flexibility index (Phi) is 2.43. The first-order valence-corrected chi connectivity index (χ1v) is 4.13. The minimum absolute atomic E-state index is 0.0278. The Morgan fingerprint density at radius 1 is 1.70 bits per heavy atom. The van der Waals surface area contributed by atoms with E-state index in [1.54, 1.807) is 11.3 Å². The largest absolute Gasteiger partial charge is 0.329 e. The minimum Gasteiger partial charge on any atom is -0.329 e. The summed E-state index contributed by atoms with van der Waals surface area (Å²) in [5, 5.41) is 2.04. The lowest BCUT2D eigenvalue weighted by molar-refractivity contribution is 0.747. The van der Waals surface area contributed by atoms with Crippen LogP contribution in [0.3, 0.4) is 0 Å². The molecule has 0 amide bonds. The van der Waals surface area contributed by atoms with E-state index in [2.05, 4.69) is 13.0 Å². The third-order valence-electron chi connectivity index (χ3n) is 1.49. The highest BCUT2D eigenvalue weighted by Crippen LogP contribution is 2.20. The van der Waals surface area contributed by atoms with Crippen molar-refractivity contribution in [1.82, 2.24) is 0 Å². The van der Waals surface area contributed by atoms with Crippen molar-refractivity contribution in [1.29, 1.82) is 0 Å². The van der Waals surface area contributed by atoms with Crippen LogP contribution in [0.15, 0.2) is 11.4 Å². The van der Waals surface area contributed by atoms with Gasteiger partial charge in [0.15, 0.2) is 0 Å². The van der Waals surface area contributed by atoms with Crippen LogP contribution in [0.5, 0.6) is 0 Å². The molecule has 0 aliphatic heterocycles. The van der Waals surface area contributed by atoms with Gasteiger partial charge in [0, 0.05) is 11.4 Å². The highest BCUT2D eigenvalue weighted by molar-refractivity contribution is 7.10. The van der Waals surface area contributed by atoms with Crippen molar-refractivity contribution in [2.45, 2.75) is 13.0 Å². The van der Waals surface area contributed by atoms with Gasteiger partial charge in [0.1, 0.15) is 0 Å². The minimum atomic E-state index is 0.0278. The summed E-state index contributed by atoms with van der Waals surface area (Å²) in [6, 6.07) is 2.09. The van der Waals surface area contributed by atoms with Crippen LogP contribution in [-0.4, -0.2) is 6.54 Å². The Morgan fingerprint density at radius 2 is 2.40 bits per heavy atom. The molecule has 3 heteroatoms. The Morgan fingerprint density at radius 3 is 2.80 bits per heavy atom. The SMILES string of the molecule is Cc1ccsc1[C@H](N)CN. The molecule has 0 saturated heterocycles. The maximum Gasteiger partial charge on any atom is 0.0516 e. The molecular weight excluding hydrogens is 144 g/mol. The third kappa shape index (κ3) is 1.37. The predicted molar refractivity (Wildman–Crippen MR) is 45.0 cm³/mol. The Hall–Kier alpha value is -0.380. The van der Waals surface area contributed by atoms with E-state index in [4.69, 9.17) is 11.5 Å². The molecule has 1 rings (SSSR count). The van der Waals surface area contributed by atoms with E-state index in [-0.39, 0.29) is 6.04 Å². The van der Waals surface area contributed by atoms with Crippen LogP contribution in [0, 0.1) is 6.92 Å². The lowest BCUT2D eigenvalue weighted by Crippen LogP contribution is -2.20. The van der Waals surface area contributed by atoms with E-state index in [0.29, 0.717) is 6.54 Å². The van der Waals surface area contributed by atoms with Crippen molar-refractivity contribution in [3.8, 4) is 0 Å². The third-order valence-corrected chi connectivity index (χ3v) is 2.64. The molecule has 1 aromatic heterocycles. The Balaban J connectivity index is 2.82. The summed E-state index contributed by atoms with van der Waals surface area (Å²) in [4.78, 5) is 1.21. The van der Waals surface area contributed by atoms with Gasteiger partial charge in [-0.1, -0.05) is 0 Å². The number of aryl methyl sites for hydroxylation is 1. The van der Waals surface area contributed by atoms with Gasteiger partial charge in [-0.3, -0.25) is 0 Å². The van der Waals surface area contributed by atoms with Crippen LogP contribution < -0.4 is 11.5 Å². The van der Waals surface area contributed by atoms with Gasteiger partial charge in [-0.25, -0.2) is 0 Å². The van der Waals surface area contributed by atoms with E-state index < -0.39 is 0 Å². The van der Waals surface area contributed by atoms with Gasteiger partial charge < -0.3 is 11.5 Å². The standard InChI is InChI=1S/C7H12N2S/c1-5-2-3-10-7(5)6(9)4-8/h2-3,6H,4,8-9H2,1H3/t6-/m1/s1. The summed E-state index contributed by atoms with van der Waals surface area (Å²) in [6.45, 7) is 2.59. The van der Waals surface area contributed by atoms with Gasteiger partial charge in [-0.2, -0.15) is 0 Å². The molecule has 0 aromatic carbocycles. The first-order valence-electron chi connectivity index (χ1n) is 3.25. The molecule has 1 atom stereocenters. The lowest BCUT2D eigenvalue weighted by atomic mass is 10.2. The van der Waals surface area contributed by atoms with E-state index >= 15 is 0 Å². The summed E-state index contributed by atoms with van der Waals surface area (Å²) < 4.78 is 0.